The number of benzene rings is 1. The van der Waals surface area contributed by atoms with Gasteiger partial charge in [-0.25, -0.2) is 4.79 Å². The number of methoxy groups -OCH3 is 1. The van der Waals surface area contributed by atoms with Crippen LogP contribution in [0.25, 0.3) is 0 Å². The third-order valence-corrected chi connectivity index (χ3v) is 4.44. The highest BCUT2D eigenvalue weighted by molar-refractivity contribution is 14.1. The van der Waals surface area contributed by atoms with Gasteiger partial charge in [0.05, 0.1) is 26.7 Å². The van der Waals surface area contributed by atoms with Crippen LogP contribution in [0.3, 0.4) is 0 Å². The van der Waals surface area contributed by atoms with E-state index in [1.54, 1.807) is 12.1 Å². The number of carbonyl (C=O) groups excluding carboxylic acids is 2. The molecule has 1 aliphatic rings. The molecule has 11 heteroatoms. The van der Waals surface area contributed by atoms with Crippen molar-refractivity contribution in [2.45, 2.75) is 0 Å². The lowest BCUT2D eigenvalue weighted by Gasteiger charge is -1.96. The van der Waals surface area contributed by atoms with Crippen molar-refractivity contribution in [3.05, 3.63) is 48.4 Å². The van der Waals surface area contributed by atoms with Gasteiger partial charge in [-0.15, -0.1) is 5.10 Å². The van der Waals surface area contributed by atoms with Gasteiger partial charge in [0.2, 0.25) is 0 Å². The number of esters is 1. The maximum absolute atomic E-state index is 11.6. The highest BCUT2D eigenvalue weighted by atomic mass is 127. The summed E-state index contributed by atoms with van der Waals surface area (Å²) in [6, 6.07) is 4.62. The van der Waals surface area contributed by atoms with Crippen molar-refractivity contribution in [1.82, 2.24) is 5.32 Å². The van der Waals surface area contributed by atoms with Crippen molar-refractivity contribution in [2.75, 3.05) is 7.11 Å². The van der Waals surface area contributed by atoms with E-state index in [0.717, 1.165) is 17.8 Å². The van der Waals surface area contributed by atoms with Crippen molar-refractivity contribution in [2.24, 2.45) is 10.2 Å². The first-order valence-corrected chi connectivity index (χ1v) is 8.14. The molecule has 0 radical (unpaired) electrons. The van der Waals surface area contributed by atoms with Crippen molar-refractivity contribution >= 4 is 63.3 Å². The molecule has 0 spiro atoms. The van der Waals surface area contributed by atoms with E-state index >= 15 is 0 Å². The van der Waals surface area contributed by atoms with E-state index in [-0.39, 0.29) is 15.8 Å². The van der Waals surface area contributed by atoms with Gasteiger partial charge < -0.3 is 4.74 Å². The van der Waals surface area contributed by atoms with Gasteiger partial charge in [-0.2, -0.15) is 5.10 Å². The van der Waals surface area contributed by atoms with E-state index in [1.165, 1.54) is 19.4 Å². The molecule has 1 fully saturated rings. The van der Waals surface area contributed by atoms with Gasteiger partial charge in [0, 0.05) is 17.7 Å². The number of nitro benzene ring substituents is 1. The van der Waals surface area contributed by atoms with Crippen LogP contribution in [0, 0.1) is 13.7 Å². The van der Waals surface area contributed by atoms with E-state index in [9.17, 15) is 19.7 Å². The first-order valence-electron chi connectivity index (χ1n) is 6.24. The van der Waals surface area contributed by atoms with Crippen molar-refractivity contribution in [3.63, 3.8) is 0 Å². The second-order valence-corrected chi connectivity index (χ2v) is 6.40. The fraction of sp³-hybridized carbons (Fsp3) is 0.0769. The third kappa shape index (κ3) is 4.61. The van der Waals surface area contributed by atoms with Crippen LogP contribution in [0.15, 0.2) is 39.4 Å². The molecule has 1 heterocycles. The molecular formula is C13H9IN4O5S. The molecule has 124 valence electrons. The number of nitro groups is 1. The van der Waals surface area contributed by atoms with Crippen molar-refractivity contribution in [1.29, 1.82) is 0 Å². The summed E-state index contributed by atoms with van der Waals surface area (Å²) >= 11 is 2.80. The lowest BCUT2D eigenvalue weighted by Crippen LogP contribution is -2.19. The largest absolute Gasteiger partial charge is 0.466 e. The van der Waals surface area contributed by atoms with E-state index in [4.69, 9.17) is 0 Å². The molecule has 1 aliphatic heterocycles. The van der Waals surface area contributed by atoms with Crippen LogP contribution in [0.1, 0.15) is 5.56 Å². The molecular weight excluding hydrogens is 451 g/mol. The molecule has 0 aromatic heterocycles. The number of rotatable bonds is 4. The minimum atomic E-state index is -0.649. The normalized spacial score (nSPS) is 17.5. The average molecular weight is 460 g/mol. The number of ether oxygens (including phenoxy) is 1. The number of amidine groups is 1. The molecule has 1 aromatic rings. The topological polar surface area (TPSA) is 123 Å². The Morgan fingerprint density at radius 1 is 1.50 bits per heavy atom. The average Bonchev–Trinajstić information content (AvgIpc) is 2.88. The van der Waals surface area contributed by atoms with Gasteiger partial charge in [-0.3, -0.25) is 20.2 Å². The highest BCUT2D eigenvalue weighted by Crippen LogP contribution is 2.24. The van der Waals surface area contributed by atoms with Crippen LogP contribution < -0.4 is 5.32 Å². The predicted molar refractivity (Wildman–Crippen MR) is 96.7 cm³/mol. The fourth-order valence-corrected chi connectivity index (χ4v) is 2.81. The van der Waals surface area contributed by atoms with Gasteiger partial charge in [0.1, 0.15) is 0 Å². The Morgan fingerprint density at radius 3 is 2.92 bits per heavy atom. The number of thioether (sulfide) groups is 1. The first-order chi connectivity index (χ1) is 11.4. The Kier molecular flexibility index (Phi) is 6.03. The zero-order chi connectivity index (χ0) is 17.7. The van der Waals surface area contributed by atoms with Crippen LogP contribution in [0.4, 0.5) is 5.69 Å². The summed E-state index contributed by atoms with van der Waals surface area (Å²) in [5.74, 6) is -1.13. The fourth-order valence-electron chi connectivity index (χ4n) is 1.54. The molecule has 1 aromatic carbocycles. The summed E-state index contributed by atoms with van der Waals surface area (Å²) in [4.78, 5) is 33.3. The van der Waals surface area contributed by atoms with Gasteiger partial charge in [0.25, 0.3) is 11.6 Å². The van der Waals surface area contributed by atoms with E-state index in [2.05, 4.69) is 20.3 Å². The molecule has 24 heavy (non-hydrogen) atoms. The summed E-state index contributed by atoms with van der Waals surface area (Å²) in [6.45, 7) is 0. The van der Waals surface area contributed by atoms with Crippen LogP contribution in [0.5, 0.6) is 0 Å². The molecule has 1 N–H and O–H groups in total. The molecule has 2 rings (SSSR count). The second-order valence-electron chi connectivity index (χ2n) is 4.21. The van der Waals surface area contributed by atoms with Crippen LogP contribution >= 0.6 is 34.4 Å². The Hall–Kier alpha value is -2.28. The van der Waals surface area contributed by atoms with Gasteiger partial charge in [-0.1, -0.05) is 6.07 Å². The zero-order valence-electron chi connectivity index (χ0n) is 12.1. The Balaban J connectivity index is 2.11. The summed E-state index contributed by atoms with van der Waals surface area (Å²) in [5.41, 5.74) is 0.463. The minimum Gasteiger partial charge on any atom is -0.466 e. The Morgan fingerprint density at radius 2 is 2.25 bits per heavy atom. The molecule has 0 aliphatic carbocycles. The number of hydrogen-bond donors (Lipinski definition) is 1. The predicted octanol–water partition coefficient (Wildman–Crippen LogP) is 1.81. The Labute approximate surface area is 153 Å². The van der Waals surface area contributed by atoms with E-state index in [0.29, 0.717) is 9.13 Å². The lowest BCUT2D eigenvalue weighted by molar-refractivity contribution is -0.385. The lowest BCUT2D eigenvalue weighted by atomic mass is 10.2. The first kappa shape index (κ1) is 18.1. The quantitative estimate of drug-likeness (QED) is 0.183. The second kappa shape index (κ2) is 8.01. The van der Waals surface area contributed by atoms with E-state index in [1.807, 2.05) is 22.6 Å². The van der Waals surface area contributed by atoms with Crippen LogP contribution in [-0.2, 0) is 14.3 Å². The number of amides is 1. The number of nitrogens with zero attached hydrogens (tertiary/aromatic N) is 3. The van der Waals surface area contributed by atoms with Crippen LogP contribution in [-0.4, -0.2) is 35.3 Å². The minimum absolute atomic E-state index is 0.0287. The highest BCUT2D eigenvalue weighted by Gasteiger charge is 2.25. The number of halogens is 1. The standard InChI is InChI=1S/C13H9IN4O5S/c1-23-11(19)5-10-12(20)16-13(24-10)17-15-6-7-2-3-8(14)9(4-7)18(21)22/h2-6H,1H3,(H,16,17,20)/b10-5+,15-6?. The molecule has 0 saturated carbocycles. The molecule has 1 saturated heterocycles. The maximum Gasteiger partial charge on any atom is 0.331 e. The molecule has 1 amide bonds. The van der Waals surface area contributed by atoms with Gasteiger partial charge in [-0.05, 0) is 40.4 Å². The summed E-state index contributed by atoms with van der Waals surface area (Å²) in [6.07, 6.45) is 2.37. The Bertz CT molecular complexity index is 806. The molecule has 0 unspecified atom stereocenters. The number of carbonyl (C=O) groups is 2. The summed E-state index contributed by atoms with van der Waals surface area (Å²) in [7, 11) is 1.20. The van der Waals surface area contributed by atoms with Gasteiger partial charge >= 0.3 is 5.97 Å². The number of hydrogen-bond acceptors (Lipinski definition) is 8. The van der Waals surface area contributed by atoms with Gasteiger partial charge in [0.15, 0.2) is 5.17 Å². The smallest absolute Gasteiger partial charge is 0.331 e. The van der Waals surface area contributed by atoms with Crippen molar-refractivity contribution in [3.8, 4) is 0 Å². The zero-order valence-corrected chi connectivity index (χ0v) is 15.0. The SMILES string of the molecule is COC(=O)/C=C1/S/C(=N\N=Cc2ccc(I)c([N+](=O)[O-])c2)NC1=O. The molecule has 9 nitrogen and oxygen atoms in total. The summed E-state index contributed by atoms with van der Waals surface area (Å²) < 4.78 is 4.95. The van der Waals surface area contributed by atoms with E-state index < -0.39 is 16.8 Å². The number of nitrogens with one attached hydrogen (secondary N) is 1. The van der Waals surface area contributed by atoms with Crippen LogP contribution in [0.2, 0.25) is 0 Å². The summed E-state index contributed by atoms with van der Waals surface area (Å²) in [5, 5.41) is 21.1. The maximum atomic E-state index is 11.6. The third-order valence-electron chi connectivity index (χ3n) is 2.62. The van der Waals surface area contributed by atoms with Crippen molar-refractivity contribution < 1.29 is 19.2 Å². The molecule has 0 bridgehead atoms. The molecule has 0 atom stereocenters. The monoisotopic (exact) mass is 460 g/mol.